The number of nitrogens with two attached hydrogens (primary N) is 1. The summed E-state index contributed by atoms with van der Waals surface area (Å²) in [5.41, 5.74) is 8.05. The molecule has 1 aromatic heterocycles. The first kappa shape index (κ1) is 13.4. The molecule has 0 aliphatic rings. The molecule has 1 heterocycles. The van der Waals surface area contributed by atoms with Crippen LogP contribution in [-0.2, 0) is 11.8 Å². The van der Waals surface area contributed by atoms with Gasteiger partial charge in [-0.3, -0.25) is 9.36 Å². The van der Waals surface area contributed by atoms with Crippen LogP contribution in [0.3, 0.4) is 0 Å². The maximum Gasteiger partial charge on any atom is 0.419 e. The van der Waals surface area contributed by atoms with Crippen molar-refractivity contribution in [3.63, 3.8) is 0 Å². The van der Waals surface area contributed by atoms with E-state index in [4.69, 9.17) is 15.3 Å². The highest BCUT2D eigenvalue weighted by Crippen LogP contribution is 2.21. The van der Waals surface area contributed by atoms with E-state index in [1.165, 1.54) is 4.57 Å². The molecule has 0 spiro atoms. The van der Waals surface area contributed by atoms with Crippen molar-refractivity contribution < 1.29 is 14.3 Å². The van der Waals surface area contributed by atoms with E-state index >= 15 is 0 Å². The third-order valence-corrected chi connectivity index (χ3v) is 3.15. The fourth-order valence-electron chi connectivity index (χ4n) is 2.02. The number of rotatable bonds is 5. The molecule has 0 aliphatic carbocycles. The molecule has 0 radical (unpaired) electrons. The van der Waals surface area contributed by atoms with Crippen molar-refractivity contribution in [1.29, 1.82) is 0 Å². The van der Waals surface area contributed by atoms with Crippen molar-refractivity contribution in [2.45, 2.75) is 25.3 Å². The van der Waals surface area contributed by atoms with E-state index in [2.05, 4.69) is 0 Å². The van der Waals surface area contributed by atoms with E-state index in [-0.39, 0.29) is 12.5 Å². The van der Waals surface area contributed by atoms with Gasteiger partial charge in [-0.1, -0.05) is 6.07 Å². The number of hydrogen-bond donors (Lipinski definition) is 2. The molecule has 1 unspecified atom stereocenters. The lowest BCUT2D eigenvalue weighted by molar-refractivity contribution is -0.137. The second-order valence-corrected chi connectivity index (χ2v) is 4.55. The lowest BCUT2D eigenvalue weighted by Gasteiger charge is -2.10. The molecule has 6 heteroatoms. The van der Waals surface area contributed by atoms with Gasteiger partial charge in [0.2, 0.25) is 0 Å². The molecule has 0 saturated carbocycles. The Morgan fingerprint density at radius 2 is 2.26 bits per heavy atom. The Morgan fingerprint density at radius 1 is 1.53 bits per heavy atom. The number of carbonyl (C=O) groups is 1. The molecule has 2 rings (SSSR count). The van der Waals surface area contributed by atoms with E-state index in [9.17, 15) is 9.59 Å². The van der Waals surface area contributed by atoms with E-state index in [1.54, 1.807) is 19.2 Å². The van der Waals surface area contributed by atoms with Crippen LogP contribution in [0.1, 0.15) is 30.9 Å². The number of fused-ring (bicyclic) bond motifs is 1. The first-order chi connectivity index (χ1) is 8.99. The maximum atomic E-state index is 11.4. The minimum atomic E-state index is -0.822. The van der Waals surface area contributed by atoms with Gasteiger partial charge in [0.25, 0.3) is 0 Å². The Hall–Kier alpha value is -2.08. The number of aromatic nitrogens is 1. The first-order valence-electron chi connectivity index (χ1n) is 6.06. The molecular formula is C13H16N2O4. The van der Waals surface area contributed by atoms with E-state index in [0.29, 0.717) is 23.9 Å². The summed E-state index contributed by atoms with van der Waals surface area (Å²) >= 11 is 0. The molecular weight excluding hydrogens is 248 g/mol. The number of aryl methyl sites for hydroxylation is 1. The van der Waals surface area contributed by atoms with Crippen molar-refractivity contribution in [2.75, 3.05) is 0 Å². The predicted octanol–water partition coefficient (Wildman–Crippen LogP) is 1.39. The van der Waals surface area contributed by atoms with Gasteiger partial charge in [0, 0.05) is 19.5 Å². The highest BCUT2D eigenvalue weighted by molar-refractivity contribution is 5.73. The summed E-state index contributed by atoms with van der Waals surface area (Å²) in [6.45, 7) is 0. The van der Waals surface area contributed by atoms with E-state index in [1.807, 2.05) is 6.07 Å². The zero-order chi connectivity index (χ0) is 14.0. The minimum absolute atomic E-state index is 0.108. The van der Waals surface area contributed by atoms with Crippen LogP contribution < -0.4 is 11.5 Å². The standard InChI is InChI=1S/C13H16N2O4/c1-15-10-6-5-8(7-11(10)19-13(15)18)9(14)3-2-4-12(16)17/h5-7,9H,2-4,14H2,1H3,(H,16,17). The van der Waals surface area contributed by atoms with Crippen molar-refractivity contribution in [1.82, 2.24) is 4.57 Å². The second-order valence-electron chi connectivity index (χ2n) is 4.55. The quantitative estimate of drug-likeness (QED) is 0.850. The van der Waals surface area contributed by atoms with Crippen LogP contribution in [-0.4, -0.2) is 15.6 Å². The van der Waals surface area contributed by atoms with Crippen molar-refractivity contribution in [3.8, 4) is 0 Å². The van der Waals surface area contributed by atoms with E-state index in [0.717, 1.165) is 5.56 Å². The molecule has 2 aromatic rings. The molecule has 0 amide bonds. The predicted molar refractivity (Wildman–Crippen MR) is 69.9 cm³/mol. The number of oxazole rings is 1. The molecule has 0 aliphatic heterocycles. The molecule has 1 atom stereocenters. The smallest absolute Gasteiger partial charge is 0.419 e. The molecule has 0 bridgehead atoms. The van der Waals surface area contributed by atoms with E-state index < -0.39 is 11.7 Å². The van der Waals surface area contributed by atoms with Gasteiger partial charge < -0.3 is 15.3 Å². The van der Waals surface area contributed by atoms with Crippen molar-refractivity contribution >= 4 is 17.1 Å². The van der Waals surface area contributed by atoms with Gasteiger partial charge in [-0.2, -0.15) is 0 Å². The first-order valence-corrected chi connectivity index (χ1v) is 6.06. The Bertz CT molecular complexity index is 656. The third kappa shape index (κ3) is 2.85. The fraction of sp³-hybridized carbons (Fsp3) is 0.385. The topological polar surface area (TPSA) is 98.5 Å². The average molecular weight is 264 g/mol. The van der Waals surface area contributed by atoms with Crippen LogP contribution in [0.15, 0.2) is 27.4 Å². The maximum absolute atomic E-state index is 11.4. The summed E-state index contributed by atoms with van der Waals surface area (Å²) in [5.74, 6) is -1.23. The summed E-state index contributed by atoms with van der Waals surface area (Å²) in [6, 6.07) is 5.10. The van der Waals surface area contributed by atoms with Crippen molar-refractivity contribution in [2.24, 2.45) is 12.8 Å². The fourth-order valence-corrected chi connectivity index (χ4v) is 2.02. The molecule has 0 fully saturated rings. The highest BCUT2D eigenvalue weighted by Gasteiger charge is 2.11. The lowest BCUT2D eigenvalue weighted by Crippen LogP contribution is -2.11. The number of carboxylic acid groups (broad SMARTS) is 1. The number of aliphatic carboxylic acids is 1. The largest absolute Gasteiger partial charge is 0.481 e. The number of nitrogens with zero attached hydrogens (tertiary/aromatic N) is 1. The Balaban J connectivity index is 2.16. The van der Waals surface area contributed by atoms with Gasteiger partial charge in [-0.05, 0) is 30.5 Å². The van der Waals surface area contributed by atoms with Gasteiger partial charge in [-0.25, -0.2) is 4.79 Å². The van der Waals surface area contributed by atoms with Crippen LogP contribution >= 0.6 is 0 Å². The molecule has 19 heavy (non-hydrogen) atoms. The van der Waals surface area contributed by atoms with Crippen LogP contribution in [0.2, 0.25) is 0 Å². The zero-order valence-corrected chi connectivity index (χ0v) is 10.6. The SMILES string of the molecule is Cn1c(=O)oc2cc(C(N)CCCC(=O)O)ccc21. The monoisotopic (exact) mass is 264 g/mol. The van der Waals surface area contributed by atoms with Crippen LogP contribution in [0.5, 0.6) is 0 Å². The lowest BCUT2D eigenvalue weighted by atomic mass is 10.0. The number of carboxylic acids is 1. The summed E-state index contributed by atoms with van der Waals surface area (Å²) in [4.78, 5) is 21.8. The van der Waals surface area contributed by atoms with Gasteiger partial charge in [-0.15, -0.1) is 0 Å². The van der Waals surface area contributed by atoms with Gasteiger partial charge in [0.1, 0.15) is 0 Å². The van der Waals surface area contributed by atoms with Gasteiger partial charge in [0.15, 0.2) is 5.58 Å². The number of hydrogen-bond acceptors (Lipinski definition) is 4. The number of benzene rings is 1. The van der Waals surface area contributed by atoms with Gasteiger partial charge >= 0.3 is 11.7 Å². The Morgan fingerprint density at radius 3 is 2.95 bits per heavy atom. The van der Waals surface area contributed by atoms with Crippen LogP contribution in [0, 0.1) is 0 Å². The Labute approximate surface area is 109 Å². The third-order valence-electron chi connectivity index (χ3n) is 3.15. The average Bonchev–Trinajstić information content (AvgIpc) is 2.64. The molecule has 102 valence electrons. The second kappa shape index (κ2) is 5.27. The summed E-state index contributed by atoms with van der Waals surface area (Å²) in [5, 5.41) is 8.58. The highest BCUT2D eigenvalue weighted by atomic mass is 16.4. The van der Waals surface area contributed by atoms with Gasteiger partial charge in [0.05, 0.1) is 5.52 Å². The zero-order valence-electron chi connectivity index (χ0n) is 10.6. The molecule has 3 N–H and O–H groups in total. The molecule has 6 nitrogen and oxygen atoms in total. The molecule has 0 saturated heterocycles. The summed E-state index contributed by atoms with van der Waals surface area (Å²) in [6.07, 6.45) is 1.21. The molecule has 1 aromatic carbocycles. The summed E-state index contributed by atoms with van der Waals surface area (Å²) in [7, 11) is 1.64. The van der Waals surface area contributed by atoms with Crippen LogP contribution in [0.25, 0.3) is 11.1 Å². The Kier molecular flexibility index (Phi) is 3.71. The summed E-state index contributed by atoms with van der Waals surface area (Å²) < 4.78 is 6.52. The van der Waals surface area contributed by atoms with Crippen LogP contribution in [0.4, 0.5) is 0 Å². The minimum Gasteiger partial charge on any atom is -0.481 e. The normalized spacial score (nSPS) is 12.7. The van der Waals surface area contributed by atoms with Crippen molar-refractivity contribution in [3.05, 3.63) is 34.3 Å².